The van der Waals surface area contributed by atoms with Crippen molar-refractivity contribution in [3.05, 3.63) is 0 Å². The third-order valence-corrected chi connectivity index (χ3v) is 16.1. The van der Waals surface area contributed by atoms with Gasteiger partial charge in [-0.2, -0.15) is 0 Å². The lowest BCUT2D eigenvalue weighted by molar-refractivity contribution is -0.124. The Morgan fingerprint density at radius 3 is 1.57 bits per heavy atom. The van der Waals surface area contributed by atoms with Gasteiger partial charge in [0, 0.05) is 16.1 Å². The maximum atomic E-state index is 12.8. The molecule has 21 heavy (non-hydrogen) atoms. The van der Waals surface area contributed by atoms with Crippen LogP contribution in [0.25, 0.3) is 0 Å². The molecule has 0 aromatic carbocycles. The zero-order valence-corrected chi connectivity index (χ0v) is 18.3. The molecule has 0 aliphatic carbocycles. The minimum Gasteiger partial charge on any atom is -0.339 e. The lowest BCUT2D eigenvalue weighted by Gasteiger charge is -2.53. The fourth-order valence-electron chi connectivity index (χ4n) is 4.84. The molecule has 0 radical (unpaired) electrons. The van der Waals surface area contributed by atoms with Crippen LogP contribution in [0.1, 0.15) is 6.92 Å². The van der Waals surface area contributed by atoms with E-state index in [1.807, 2.05) is 11.5 Å². The van der Waals surface area contributed by atoms with Crippen molar-refractivity contribution in [2.24, 2.45) is 0 Å². The van der Waals surface area contributed by atoms with Gasteiger partial charge in [0.15, 0.2) is 8.24 Å². The number of hydrogen-bond acceptors (Lipinski definition) is 2. The van der Waals surface area contributed by atoms with Crippen LogP contribution in [0.4, 0.5) is 4.79 Å². The van der Waals surface area contributed by atoms with Crippen molar-refractivity contribution < 1.29 is 9.59 Å². The molecule has 122 valence electrons. The highest BCUT2D eigenvalue weighted by Crippen LogP contribution is 2.47. The molecule has 0 spiro atoms. The van der Waals surface area contributed by atoms with E-state index >= 15 is 0 Å². The van der Waals surface area contributed by atoms with Gasteiger partial charge in [0.1, 0.15) is 5.54 Å². The van der Waals surface area contributed by atoms with Crippen LogP contribution in [0.2, 0.25) is 64.1 Å². The van der Waals surface area contributed by atoms with Crippen molar-refractivity contribution >= 4 is 36.3 Å². The maximum absolute atomic E-state index is 12.8. The Balaban J connectivity index is 3.58. The molecule has 1 atom stereocenters. The summed E-state index contributed by atoms with van der Waals surface area (Å²) in [6.45, 7) is 22.5. The summed E-state index contributed by atoms with van der Waals surface area (Å²) in [5.74, 6) is -0.0789. The van der Waals surface area contributed by atoms with Crippen LogP contribution in [0, 0.1) is 0 Å². The summed E-state index contributed by atoms with van der Waals surface area (Å²) in [6, 6.07) is -0.178. The predicted molar refractivity (Wildman–Crippen MR) is 97.6 cm³/mol. The molecule has 1 aliphatic heterocycles. The Morgan fingerprint density at radius 1 is 0.905 bits per heavy atom. The van der Waals surface area contributed by atoms with Gasteiger partial charge in [-0.3, -0.25) is 10.1 Å². The number of urea groups is 1. The standard InChI is InChI=1S/C14H32N2O2Si3/c1-14(12(19(2,3)4)20(5,6)7)11(17)15-13(18)16(14)21(8,9)10/h12H,1-10H3,(H,15,17,18). The zero-order chi connectivity index (χ0) is 17.0. The summed E-state index contributed by atoms with van der Waals surface area (Å²) >= 11 is 0. The number of nitrogens with one attached hydrogen (secondary N) is 1. The summed E-state index contributed by atoms with van der Waals surface area (Å²) in [7, 11) is -5.18. The van der Waals surface area contributed by atoms with Crippen LogP contribution in [0.15, 0.2) is 0 Å². The molecule has 1 N–H and O–H groups in total. The number of hydrogen-bond donors (Lipinski definition) is 1. The second kappa shape index (κ2) is 5.06. The second-order valence-corrected chi connectivity index (χ2v) is 25.6. The highest BCUT2D eigenvalue weighted by Gasteiger charge is 2.62. The molecule has 0 bridgehead atoms. The minimum absolute atomic E-state index is 0.0789. The molecule has 1 aliphatic rings. The van der Waals surface area contributed by atoms with E-state index in [1.165, 1.54) is 0 Å². The summed E-state index contributed by atoms with van der Waals surface area (Å²) in [5.41, 5.74) is -0.670. The van der Waals surface area contributed by atoms with Crippen LogP contribution in [0.5, 0.6) is 0 Å². The smallest absolute Gasteiger partial charge is 0.316 e. The van der Waals surface area contributed by atoms with Gasteiger partial charge in [0.05, 0.1) is 0 Å². The van der Waals surface area contributed by atoms with Crippen LogP contribution >= 0.6 is 0 Å². The average molecular weight is 345 g/mol. The number of carbonyl (C=O) groups excluding carboxylic acids is 2. The van der Waals surface area contributed by atoms with Crippen LogP contribution in [-0.4, -0.2) is 46.4 Å². The SMILES string of the molecule is CC1(C([Si](C)(C)C)[Si](C)(C)C)C(=O)NC(=O)N1[Si](C)(C)C. The first-order chi connectivity index (χ1) is 9.04. The number of amides is 3. The lowest BCUT2D eigenvalue weighted by atomic mass is 10.1. The van der Waals surface area contributed by atoms with Gasteiger partial charge in [-0.25, -0.2) is 4.79 Å². The van der Waals surface area contributed by atoms with Gasteiger partial charge in [0.25, 0.3) is 5.91 Å². The molecule has 1 saturated heterocycles. The third-order valence-electron chi connectivity index (χ3n) is 4.31. The topological polar surface area (TPSA) is 49.4 Å². The van der Waals surface area contributed by atoms with E-state index in [4.69, 9.17) is 0 Å². The predicted octanol–water partition coefficient (Wildman–Crippen LogP) is 3.72. The molecule has 1 unspecified atom stereocenters. The van der Waals surface area contributed by atoms with E-state index in [0.717, 1.165) is 0 Å². The highest BCUT2D eigenvalue weighted by atomic mass is 28.4. The van der Waals surface area contributed by atoms with Gasteiger partial charge >= 0.3 is 6.03 Å². The molecular weight excluding hydrogens is 312 g/mol. The van der Waals surface area contributed by atoms with Crippen molar-refractivity contribution in [3.8, 4) is 0 Å². The number of carbonyl (C=O) groups is 2. The number of nitrogens with zero attached hydrogens (tertiary/aromatic N) is 1. The molecule has 0 aromatic rings. The Labute approximate surface area is 132 Å². The van der Waals surface area contributed by atoms with Crippen molar-refractivity contribution in [1.82, 2.24) is 9.88 Å². The van der Waals surface area contributed by atoms with Gasteiger partial charge in [-0.15, -0.1) is 0 Å². The van der Waals surface area contributed by atoms with Crippen molar-refractivity contribution in [2.45, 2.75) is 76.6 Å². The van der Waals surface area contributed by atoms with E-state index in [2.05, 4.69) is 64.2 Å². The zero-order valence-electron chi connectivity index (χ0n) is 15.3. The van der Waals surface area contributed by atoms with Crippen LogP contribution < -0.4 is 5.32 Å². The molecule has 3 amide bonds. The Hall–Kier alpha value is -0.409. The summed E-state index contributed by atoms with van der Waals surface area (Å²) < 4.78 is 1.95. The molecule has 7 heteroatoms. The van der Waals surface area contributed by atoms with Crippen LogP contribution in [0.3, 0.4) is 0 Å². The first-order valence-corrected chi connectivity index (χ1v) is 18.3. The monoisotopic (exact) mass is 344 g/mol. The summed E-state index contributed by atoms with van der Waals surface area (Å²) in [5, 5.41) is 2.95. The largest absolute Gasteiger partial charge is 0.339 e. The van der Waals surface area contributed by atoms with E-state index in [0.29, 0.717) is 5.16 Å². The minimum atomic E-state index is -1.94. The fourth-order valence-corrected chi connectivity index (χ4v) is 21.7. The first-order valence-electron chi connectivity index (χ1n) is 7.70. The number of rotatable bonds is 4. The van der Waals surface area contributed by atoms with Gasteiger partial charge in [-0.05, 0) is 12.1 Å². The summed E-state index contributed by atoms with van der Waals surface area (Å²) in [6.07, 6.45) is 0. The quantitative estimate of drug-likeness (QED) is 0.624. The second-order valence-electron chi connectivity index (χ2n) is 9.58. The fraction of sp³-hybridized carbons (Fsp3) is 0.857. The van der Waals surface area contributed by atoms with Crippen molar-refractivity contribution in [3.63, 3.8) is 0 Å². The van der Waals surface area contributed by atoms with E-state index in [1.54, 1.807) is 0 Å². The van der Waals surface area contributed by atoms with E-state index < -0.39 is 29.9 Å². The Bertz CT molecular complexity index is 446. The Morgan fingerprint density at radius 2 is 1.29 bits per heavy atom. The average Bonchev–Trinajstić information content (AvgIpc) is 2.29. The summed E-state index contributed by atoms with van der Waals surface area (Å²) in [4.78, 5) is 25.3. The molecule has 1 heterocycles. The highest BCUT2D eigenvalue weighted by molar-refractivity contribution is 6.97. The van der Waals surface area contributed by atoms with E-state index in [9.17, 15) is 9.59 Å². The van der Waals surface area contributed by atoms with Gasteiger partial charge < -0.3 is 4.57 Å². The first kappa shape index (κ1) is 18.6. The van der Waals surface area contributed by atoms with Crippen LogP contribution in [-0.2, 0) is 4.79 Å². The van der Waals surface area contributed by atoms with Gasteiger partial charge in [0.2, 0.25) is 0 Å². The molecular formula is C14H32N2O2Si3. The van der Waals surface area contributed by atoms with Crippen molar-refractivity contribution in [1.29, 1.82) is 0 Å². The Kier molecular flexibility index (Phi) is 4.49. The number of imide groups is 1. The molecule has 4 nitrogen and oxygen atoms in total. The normalized spacial score (nSPS) is 24.8. The molecule has 1 fully saturated rings. The van der Waals surface area contributed by atoms with Gasteiger partial charge in [-0.1, -0.05) is 58.9 Å². The lowest BCUT2D eigenvalue weighted by Crippen LogP contribution is -2.68. The van der Waals surface area contributed by atoms with Crippen molar-refractivity contribution in [2.75, 3.05) is 0 Å². The molecule has 0 aromatic heterocycles. The third kappa shape index (κ3) is 3.19. The van der Waals surface area contributed by atoms with E-state index in [-0.39, 0.29) is 11.9 Å². The maximum Gasteiger partial charge on any atom is 0.316 e. The molecule has 0 saturated carbocycles. The molecule has 1 rings (SSSR count).